The van der Waals surface area contributed by atoms with Crippen molar-refractivity contribution in [3.63, 3.8) is 0 Å². The average Bonchev–Trinajstić information content (AvgIpc) is 3.08. The predicted octanol–water partition coefficient (Wildman–Crippen LogP) is 2.86. The van der Waals surface area contributed by atoms with Gasteiger partial charge in [-0.25, -0.2) is 14.3 Å². The molecule has 0 aliphatic heterocycles. The fraction of sp³-hybridized carbons (Fsp3) is 0.263. The predicted molar refractivity (Wildman–Crippen MR) is 96.7 cm³/mol. The maximum absolute atomic E-state index is 4.55. The lowest BCUT2D eigenvalue weighted by Gasteiger charge is -2.15. The van der Waals surface area contributed by atoms with Crippen molar-refractivity contribution in [3.8, 4) is 16.9 Å². The first-order chi connectivity index (χ1) is 12.8. The summed E-state index contributed by atoms with van der Waals surface area (Å²) >= 11 is 0. The highest BCUT2D eigenvalue weighted by Crippen LogP contribution is 2.42. The third-order valence-electron chi connectivity index (χ3n) is 4.90. The molecule has 0 radical (unpaired) electrons. The summed E-state index contributed by atoms with van der Waals surface area (Å²) in [6.07, 6.45) is 12.0. The fourth-order valence-electron chi connectivity index (χ4n) is 3.39. The molecule has 1 fully saturated rings. The number of rotatable bonds is 5. The lowest BCUT2D eigenvalue weighted by Crippen LogP contribution is -2.17. The molecule has 1 saturated carbocycles. The van der Waals surface area contributed by atoms with Crippen LogP contribution < -0.4 is 0 Å². The summed E-state index contributed by atoms with van der Waals surface area (Å²) in [5, 5.41) is 13.2. The van der Waals surface area contributed by atoms with Crippen LogP contribution in [0.2, 0.25) is 0 Å². The van der Waals surface area contributed by atoms with E-state index in [1.54, 1.807) is 6.20 Å². The van der Waals surface area contributed by atoms with E-state index in [2.05, 4.69) is 31.0 Å². The Morgan fingerprint density at radius 2 is 2.04 bits per heavy atom. The topological polar surface area (TPSA) is 66.3 Å². The molecule has 0 amide bonds. The van der Waals surface area contributed by atoms with E-state index in [4.69, 9.17) is 0 Å². The van der Waals surface area contributed by atoms with Gasteiger partial charge in [-0.2, -0.15) is 5.10 Å². The van der Waals surface area contributed by atoms with Crippen molar-refractivity contribution in [2.75, 3.05) is 0 Å². The number of benzene rings is 1. The first-order valence-corrected chi connectivity index (χ1v) is 8.79. The maximum Gasteiger partial charge on any atom is 0.133 e. The van der Waals surface area contributed by atoms with Crippen molar-refractivity contribution in [1.29, 1.82) is 0 Å². The molecule has 5 rings (SSSR count). The van der Waals surface area contributed by atoms with Gasteiger partial charge in [0, 0.05) is 37.4 Å². The number of aromatic nitrogens is 7. The number of imidazole rings is 1. The summed E-state index contributed by atoms with van der Waals surface area (Å²) in [5.41, 5.74) is 2.89. The number of nitrogens with zero attached hydrogens (tertiary/aromatic N) is 7. The van der Waals surface area contributed by atoms with Gasteiger partial charge >= 0.3 is 0 Å². The Morgan fingerprint density at radius 1 is 1.12 bits per heavy atom. The molecule has 7 nitrogen and oxygen atoms in total. The molecule has 3 aromatic heterocycles. The highest BCUT2D eigenvalue weighted by molar-refractivity contribution is 5.61. The molecule has 4 aromatic rings. The highest BCUT2D eigenvalue weighted by Gasteiger charge is 2.36. The van der Waals surface area contributed by atoms with Gasteiger partial charge in [-0.3, -0.25) is 0 Å². The Morgan fingerprint density at radius 3 is 2.77 bits per heavy atom. The van der Waals surface area contributed by atoms with Crippen LogP contribution in [0, 0.1) is 5.92 Å². The van der Waals surface area contributed by atoms with Gasteiger partial charge < -0.3 is 4.57 Å². The molecule has 0 saturated heterocycles. The second-order valence-corrected chi connectivity index (χ2v) is 6.76. The van der Waals surface area contributed by atoms with Gasteiger partial charge in [0.25, 0.3) is 0 Å². The zero-order valence-electron chi connectivity index (χ0n) is 14.5. The summed E-state index contributed by atoms with van der Waals surface area (Å²) < 4.78 is 5.88. The molecule has 7 heteroatoms. The number of hydrogen-bond acceptors (Lipinski definition) is 4. The molecule has 0 bridgehead atoms. The molecule has 3 heterocycles. The van der Waals surface area contributed by atoms with Crippen molar-refractivity contribution in [2.24, 2.45) is 13.0 Å². The van der Waals surface area contributed by atoms with E-state index in [0.29, 0.717) is 5.92 Å². The summed E-state index contributed by atoms with van der Waals surface area (Å²) in [7, 11) is 2.03. The molecule has 0 spiro atoms. The third kappa shape index (κ3) is 2.61. The Labute approximate surface area is 150 Å². The second kappa shape index (κ2) is 5.94. The van der Waals surface area contributed by atoms with Gasteiger partial charge in [0.05, 0.1) is 11.9 Å². The van der Waals surface area contributed by atoms with E-state index < -0.39 is 0 Å². The minimum atomic E-state index is 0.144. The molecule has 1 aliphatic rings. The standard InChI is InChI=1S/C19H19N7/c1-24-11-9-20-19(24)18(14-6-7-14)26-13-17(22-23-26)15-4-2-5-16(12-15)25-10-3-8-21-25/h2-5,8-14,18H,6-7H2,1H3/t18-/m0/s1. The molecular formula is C19H19N7. The SMILES string of the molecule is Cn1ccnc1[C@H](C1CC1)n1cc(-c2cccc(-n3cccn3)c2)nn1. The van der Waals surface area contributed by atoms with Gasteiger partial charge in [-0.1, -0.05) is 17.3 Å². The smallest absolute Gasteiger partial charge is 0.133 e. The van der Waals surface area contributed by atoms with Crippen LogP contribution in [0.5, 0.6) is 0 Å². The van der Waals surface area contributed by atoms with Gasteiger partial charge in [-0.15, -0.1) is 5.10 Å². The molecule has 1 aliphatic carbocycles. The van der Waals surface area contributed by atoms with Gasteiger partial charge in [0.1, 0.15) is 17.6 Å². The van der Waals surface area contributed by atoms with E-state index in [-0.39, 0.29) is 6.04 Å². The third-order valence-corrected chi connectivity index (χ3v) is 4.90. The van der Waals surface area contributed by atoms with E-state index in [0.717, 1.165) is 22.8 Å². The molecule has 1 atom stereocenters. The molecule has 26 heavy (non-hydrogen) atoms. The quantitative estimate of drug-likeness (QED) is 0.558. The number of hydrogen-bond donors (Lipinski definition) is 0. The van der Waals surface area contributed by atoms with Gasteiger partial charge in [0.2, 0.25) is 0 Å². The summed E-state index contributed by atoms with van der Waals surface area (Å²) in [4.78, 5) is 4.55. The van der Waals surface area contributed by atoms with Crippen molar-refractivity contribution < 1.29 is 0 Å². The fourth-order valence-corrected chi connectivity index (χ4v) is 3.39. The van der Waals surface area contributed by atoms with Crippen LogP contribution >= 0.6 is 0 Å². The summed E-state index contributed by atoms with van der Waals surface area (Å²) in [6.45, 7) is 0. The van der Waals surface area contributed by atoms with Crippen LogP contribution in [0.15, 0.2) is 61.3 Å². The van der Waals surface area contributed by atoms with Crippen LogP contribution in [0.1, 0.15) is 24.7 Å². The summed E-state index contributed by atoms with van der Waals surface area (Å²) in [6, 6.07) is 10.2. The Hall–Kier alpha value is -3.22. The van der Waals surface area contributed by atoms with Crippen molar-refractivity contribution in [3.05, 3.63) is 67.1 Å². The zero-order valence-corrected chi connectivity index (χ0v) is 14.5. The maximum atomic E-state index is 4.55. The van der Waals surface area contributed by atoms with Crippen molar-refractivity contribution in [2.45, 2.75) is 18.9 Å². The van der Waals surface area contributed by atoms with Crippen molar-refractivity contribution >= 4 is 0 Å². The van der Waals surface area contributed by atoms with Crippen molar-refractivity contribution in [1.82, 2.24) is 34.3 Å². The zero-order chi connectivity index (χ0) is 17.5. The van der Waals surface area contributed by atoms with Gasteiger partial charge in [-0.05, 0) is 37.0 Å². The first-order valence-electron chi connectivity index (χ1n) is 8.79. The van der Waals surface area contributed by atoms with E-state index in [9.17, 15) is 0 Å². The monoisotopic (exact) mass is 345 g/mol. The van der Waals surface area contributed by atoms with Crippen LogP contribution in [0.4, 0.5) is 0 Å². The lowest BCUT2D eigenvalue weighted by atomic mass is 10.1. The van der Waals surface area contributed by atoms with E-state index in [1.807, 2.05) is 65.5 Å². The van der Waals surface area contributed by atoms with E-state index >= 15 is 0 Å². The Kier molecular flexibility index (Phi) is 3.44. The van der Waals surface area contributed by atoms with E-state index in [1.165, 1.54) is 12.8 Å². The average molecular weight is 345 g/mol. The van der Waals surface area contributed by atoms with Crippen LogP contribution in [-0.4, -0.2) is 34.3 Å². The van der Waals surface area contributed by atoms with Crippen LogP contribution in [0.3, 0.4) is 0 Å². The Balaban J connectivity index is 1.50. The molecule has 0 unspecified atom stereocenters. The Bertz CT molecular complexity index is 1020. The minimum Gasteiger partial charge on any atom is -0.336 e. The largest absolute Gasteiger partial charge is 0.336 e. The first kappa shape index (κ1) is 15.1. The minimum absolute atomic E-state index is 0.144. The second-order valence-electron chi connectivity index (χ2n) is 6.76. The lowest BCUT2D eigenvalue weighted by molar-refractivity contribution is 0.427. The normalized spacial score (nSPS) is 15.3. The van der Waals surface area contributed by atoms with Crippen LogP contribution in [0.25, 0.3) is 16.9 Å². The summed E-state index contributed by atoms with van der Waals surface area (Å²) in [5.74, 6) is 1.62. The highest BCUT2D eigenvalue weighted by atomic mass is 15.4. The molecule has 130 valence electrons. The molecular weight excluding hydrogens is 326 g/mol. The molecule has 1 aromatic carbocycles. The number of aryl methyl sites for hydroxylation is 1. The van der Waals surface area contributed by atoms with Crippen LogP contribution in [-0.2, 0) is 7.05 Å². The molecule has 0 N–H and O–H groups in total. The van der Waals surface area contributed by atoms with Gasteiger partial charge in [0.15, 0.2) is 0 Å².